The van der Waals surface area contributed by atoms with Crippen LogP contribution in [0.2, 0.25) is 0 Å². The lowest BCUT2D eigenvalue weighted by Crippen LogP contribution is -2.42. The summed E-state index contributed by atoms with van der Waals surface area (Å²) in [6, 6.07) is 2.02. The van der Waals surface area contributed by atoms with Crippen LogP contribution in [0.25, 0.3) is 0 Å². The molecule has 0 aromatic carbocycles. The molecule has 1 aromatic rings. The van der Waals surface area contributed by atoms with Crippen molar-refractivity contribution < 1.29 is 9.26 Å². The fraction of sp³-hybridized carbons (Fsp3) is 0.778. The van der Waals surface area contributed by atoms with Crippen molar-refractivity contribution in [3.63, 3.8) is 0 Å². The van der Waals surface area contributed by atoms with Crippen molar-refractivity contribution in [2.45, 2.75) is 32.7 Å². The largest absolute Gasteiger partial charge is 0.379 e. The molecule has 0 bridgehead atoms. The Labute approximate surface area is 150 Å². The molecule has 0 amide bonds. The van der Waals surface area contributed by atoms with Crippen LogP contribution in [0.4, 0.5) is 0 Å². The molecule has 7 nitrogen and oxygen atoms in total. The molecule has 0 saturated carbocycles. The van der Waals surface area contributed by atoms with Gasteiger partial charge in [0.2, 0.25) is 0 Å². The summed E-state index contributed by atoms with van der Waals surface area (Å²) in [4.78, 5) is 9.32. The topological polar surface area (TPSA) is 66.1 Å². The molecule has 0 radical (unpaired) electrons. The number of ether oxygens (including phenoxy) is 1. The second-order valence-corrected chi connectivity index (χ2v) is 7.29. The summed E-state index contributed by atoms with van der Waals surface area (Å²) in [7, 11) is 1.84. The van der Waals surface area contributed by atoms with Crippen molar-refractivity contribution in [1.82, 2.24) is 20.3 Å². The molecule has 0 aliphatic carbocycles. The molecule has 7 heteroatoms. The van der Waals surface area contributed by atoms with Gasteiger partial charge in [0, 0.05) is 45.8 Å². The standard InChI is InChI=1S/C18H31N5O2/c1-14(2)17-10-16(25-21-17)11-20-18(19-3)23-5-4-15(13-23)12-22-6-8-24-9-7-22/h10,14-15H,4-9,11-13H2,1-3H3,(H,19,20). The summed E-state index contributed by atoms with van der Waals surface area (Å²) in [6.07, 6.45) is 1.22. The third-order valence-corrected chi connectivity index (χ3v) is 5.01. The summed E-state index contributed by atoms with van der Waals surface area (Å²) >= 11 is 0. The van der Waals surface area contributed by atoms with E-state index in [2.05, 4.69) is 39.1 Å². The molecule has 2 saturated heterocycles. The molecule has 1 unspecified atom stereocenters. The highest BCUT2D eigenvalue weighted by molar-refractivity contribution is 5.80. The molecular formula is C18H31N5O2. The van der Waals surface area contributed by atoms with Gasteiger partial charge < -0.3 is 19.5 Å². The second-order valence-electron chi connectivity index (χ2n) is 7.29. The Balaban J connectivity index is 1.46. The van der Waals surface area contributed by atoms with Gasteiger partial charge in [-0.15, -0.1) is 0 Å². The fourth-order valence-electron chi connectivity index (χ4n) is 3.51. The predicted octanol–water partition coefficient (Wildman–Crippen LogP) is 1.53. The van der Waals surface area contributed by atoms with Crippen LogP contribution >= 0.6 is 0 Å². The Hall–Kier alpha value is -1.60. The molecule has 2 aliphatic heterocycles. The van der Waals surface area contributed by atoms with E-state index in [1.54, 1.807) is 0 Å². The number of hydrogen-bond donors (Lipinski definition) is 1. The zero-order chi connectivity index (χ0) is 17.6. The minimum Gasteiger partial charge on any atom is -0.379 e. The Bertz CT molecular complexity index is 566. The second kappa shape index (κ2) is 8.67. The summed E-state index contributed by atoms with van der Waals surface area (Å²) < 4.78 is 10.8. The number of likely N-dealkylation sites (tertiary alicyclic amines) is 1. The highest BCUT2D eigenvalue weighted by Gasteiger charge is 2.27. The first-order chi connectivity index (χ1) is 12.2. The van der Waals surface area contributed by atoms with Crippen molar-refractivity contribution in [2.24, 2.45) is 10.9 Å². The van der Waals surface area contributed by atoms with Gasteiger partial charge in [0.05, 0.1) is 25.5 Å². The van der Waals surface area contributed by atoms with E-state index in [0.29, 0.717) is 18.4 Å². The van der Waals surface area contributed by atoms with Crippen molar-refractivity contribution in [1.29, 1.82) is 0 Å². The number of rotatable bonds is 5. The van der Waals surface area contributed by atoms with Crippen LogP contribution in [0.5, 0.6) is 0 Å². The van der Waals surface area contributed by atoms with Crippen LogP contribution in [0.15, 0.2) is 15.6 Å². The maximum atomic E-state index is 5.44. The normalized spacial score (nSPS) is 22.8. The third-order valence-electron chi connectivity index (χ3n) is 5.01. The average molecular weight is 349 g/mol. The average Bonchev–Trinajstić information content (AvgIpc) is 3.26. The number of nitrogens with zero attached hydrogens (tertiary/aromatic N) is 4. The molecule has 140 valence electrons. The molecule has 0 spiro atoms. The molecule has 1 aromatic heterocycles. The van der Waals surface area contributed by atoms with Crippen LogP contribution < -0.4 is 5.32 Å². The van der Waals surface area contributed by atoms with Gasteiger partial charge in [-0.05, 0) is 18.3 Å². The maximum Gasteiger partial charge on any atom is 0.194 e. The van der Waals surface area contributed by atoms with Crippen LogP contribution in [0.3, 0.4) is 0 Å². The lowest BCUT2D eigenvalue weighted by molar-refractivity contribution is 0.0315. The van der Waals surface area contributed by atoms with E-state index in [-0.39, 0.29) is 0 Å². The summed E-state index contributed by atoms with van der Waals surface area (Å²) in [6.45, 7) is 12.0. The van der Waals surface area contributed by atoms with E-state index in [1.807, 2.05) is 13.1 Å². The van der Waals surface area contributed by atoms with E-state index >= 15 is 0 Å². The van der Waals surface area contributed by atoms with Crippen LogP contribution in [-0.2, 0) is 11.3 Å². The van der Waals surface area contributed by atoms with Crippen molar-refractivity contribution in [2.75, 3.05) is 53.0 Å². The van der Waals surface area contributed by atoms with Crippen molar-refractivity contribution in [3.05, 3.63) is 17.5 Å². The molecule has 1 atom stereocenters. The quantitative estimate of drug-likeness (QED) is 0.642. The summed E-state index contributed by atoms with van der Waals surface area (Å²) in [5, 5.41) is 7.52. The molecule has 3 rings (SSSR count). The monoisotopic (exact) mass is 349 g/mol. The van der Waals surface area contributed by atoms with E-state index in [4.69, 9.17) is 9.26 Å². The maximum absolute atomic E-state index is 5.44. The number of guanidine groups is 1. The van der Waals surface area contributed by atoms with E-state index in [1.165, 1.54) is 6.42 Å². The molecule has 25 heavy (non-hydrogen) atoms. The van der Waals surface area contributed by atoms with Gasteiger partial charge in [0.1, 0.15) is 0 Å². The van der Waals surface area contributed by atoms with Gasteiger partial charge >= 0.3 is 0 Å². The number of nitrogens with one attached hydrogen (secondary N) is 1. The third kappa shape index (κ3) is 4.95. The van der Waals surface area contributed by atoms with Gasteiger partial charge in [-0.2, -0.15) is 0 Å². The van der Waals surface area contributed by atoms with Gasteiger partial charge in [-0.3, -0.25) is 9.89 Å². The Morgan fingerprint density at radius 3 is 2.84 bits per heavy atom. The number of aromatic nitrogens is 1. The van der Waals surface area contributed by atoms with Crippen LogP contribution in [0, 0.1) is 5.92 Å². The van der Waals surface area contributed by atoms with Gasteiger partial charge in [-0.1, -0.05) is 19.0 Å². The summed E-state index contributed by atoms with van der Waals surface area (Å²) in [5.41, 5.74) is 0.999. The Kier molecular flexibility index (Phi) is 6.31. The highest BCUT2D eigenvalue weighted by atomic mass is 16.5. The number of morpholine rings is 1. The minimum absolute atomic E-state index is 0.386. The highest BCUT2D eigenvalue weighted by Crippen LogP contribution is 2.19. The van der Waals surface area contributed by atoms with Crippen LogP contribution in [0.1, 0.15) is 37.6 Å². The van der Waals surface area contributed by atoms with E-state index in [0.717, 1.165) is 63.4 Å². The van der Waals surface area contributed by atoms with Crippen molar-refractivity contribution in [3.8, 4) is 0 Å². The smallest absolute Gasteiger partial charge is 0.194 e. The predicted molar refractivity (Wildman–Crippen MR) is 97.7 cm³/mol. The van der Waals surface area contributed by atoms with E-state index in [9.17, 15) is 0 Å². The number of aliphatic imine (C=N–C) groups is 1. The van der Waals surface area contributed by atoms with Crippen LogP contribution in [-0.4, -0.2) is 73.9 Å². The Morgan fingerprint density at radius 2 is 2.16 bits per heavy atom. The molecule has 2 fully saturated rings. The van der Waals surface area contributed by atoms with Crippen molar-refractivity contribution >= 4 is 5.96 Å². The summed E-state index contributed by atoms with van der Waals surface area (Å²) in [5.74, 6) is 2.90. The lowest BCUT2D eigenvalue weighted by atomic mass is 10.1. The molecule has 1 N–H and O–H groups in total. The minimum atomic E-state index is 0.386. The SMILES string of the molecule is CN=C(NCc1cc(C(C)C)no1)N1CCC(CN2CCOCC2)C1. The zero-order valence-electron chi connectivity index (χ0n) is 15.7. The van der Waals surface area contributed by atoms with Gasteiger partial charge in [-0.25, -0.2) is 0 Å². The van der Waals surface area contributed by atoms with Gasteiger partial charge in [0.15, 0.2) is 11.7 Å². The first kappa shape index (κ1) is 18.2. The Morgan fingerprint density at radius 1 is 1.36 bits per heavy atom. The molecular weight excluding hydrogens is 318 g/mol. The molecule has 3 heterocycles. The zero-order valence-corrected chi connectivity index (χ0v) is 15.7. The molecule has 2 aliphatic rings. The first-order valence-electron chi connectivity index (χ1n) is 9.37. The fourth-order valence-corrected chi connectivity index (χ4v) is 3.51. The lowest BCUT2D eigenvalue weighted by Gasteiger charge is -2.29. The van der Waals surface area contributed by atoms with E-state index < -0.39 is 0 Å². The number of hydrogen-bond acceptors (Lipinski definition) is 5. The van der Waals surface area contributed by atoms with Gasteiger partial charge in [0.25, 0.3) is 0 Å². The first-order valence-corrected chi connectivity index (χ1v) is 9.37.